The van der Waals surface area contributed by atoms with E-state index in [1.54, 1.807) is 0 Å². The highest BCUT2D eigenvalue weighted by Gasteiger charge is 2.48. The highest BCUT2D eigenvalue weighted by Crippen LogP contribution is 2.29. The Bertz CT molecular complexity index is 264. The number of rotatable bonds is 3. The van der Waals surface area contributed by atoms with E-state index in [0.717, 1.165) is 26.1 Å². The molecule has 0 spiro atoms. The molecule has 3 N–H and O–H groups in total. The summed E-state index contributed by atoms with van der Waals surface area (Å²) in [6.07, 6.45) is -0.385. The predicted molar refractivity (Wildman–Crippen MR) is 64.7 cm³/mol. The Labute approximate surface area is 103 Å². The van der Waals surface area contributed by atoms with Crippen LogP contribution >= 0.6 is 0 Å². The lowest BCUT2D eigenvalue weighted by Gasteiger charge is -2.46. The first kappa shape index (κ1) is 13.2. The molecule has 17 heavy (non-hydrogen) atoms. The molecule has 2 heterocycles. The van der Waals surface area contributed by atoms with Crippen LogP contribution in [-0.2, 0) is 0 Å². The van der Waals surface area contributed by atoms with Gasteiger partial charge in [-0.3, -0.25) is 9.80 Å². The number of likely N-dealkylation sites (N-methyl/N-ethyl adjacent to an activating group) is 1. The Kier molecular flexibility index (Phi) is 4.05. The Hall–Kier alpha value is -0.200. The minimum Gasteiger partial charge on any atom is -0.391 e. The summed E-state index contributed by atoms with van der Waals surface area (Å²) in [5.41, 5.74) is 0. The van der Waals surface area contributed by atoms with Gasteiger partial charge in [0, 0.05) is 13.1 Å². The fourth-order valence-electron chi connectivity index (χ4n) is 3.21. The molecular weight excluding hydrogens is 220 g/mol. The van der Waals surface area contributed by atoms with Crippen LogP contribution in [0.3, 0.4) is 0 Å². The molecule has 0 bridgehead atoms. The van der Waals surface area contributed by atoms with Crippen LogP contribution in [0.4, 0.5) is 0 Å². The first-order chi connectivity index (χ1) is 8.06. The molecular formula is C12H24N2O3. The van der Waals surface area contributed by atoms with E-state index in [1.807, 2.05) is 7.05 Å². The van der Waals surface area contributed by atoms with Gasteiger partial charge >= 0.3 is 0 Å². The third-order valence-electron chi connectivity index (χ3n) is 4.19. The van der Waals surface area contributed by atoms with Crippen molar-refractivity contribution in [1.82, 2.24) is 9.80 Å². The third-order valence-corrected chi connectivity index (χ3v) is 4.19. The lowest BCUT2D eigenvalue weighted by molar-refractivity contribution is -0.121. The van der Waals surface area contributed by atoms with Gasteiger partial charge in [-0.05, 0) is 26.4 Å². The summed E-state index contributed by atoms with van der Waals surface area (Å²) in [4.78, 5) is 4.22. The largest absolute Gasteiger partial charge is 0.391 e. The van der Waals surface area contributed by atoms with Gasteiger partial charge in [0.05, 0.1) is 30.4 Å². The van der Waals surface area contributed by atoms with Gasteiger partial charge in [0.25, 0.3) is 0 Å². The molecule has 3 unspecified atom stereocenters. The smallest absolute Gasteiger partial charge is 0.0994 e. The van der Waals surface area contributed by atoms with Crippen LogP contribution in [0.15, 0.2) is 0 Å². The molecule has 2 aliphatic rings. The van der Waals surface area contributed by atoms with Crippen LogP contribution in [0.2, 0.25) is 0 Å². The average Bonchev–Trinajstić information content (AvgIpc) is 2.65. The third kappa shape index (κ3) is 2.35. The van der Waals surface area contributed by atoms with Crippen molar-refractivity contribution in [2.24, 2.45) is 0 Å². The van der Waals surface area contributed by atoms with Crippen LogP contribution in [-0.4, -0.2) is 82.2 Å². The molecule has 0 aliphatic carbocycles. The number of aliphatic hydroxyl groups is 3. The van der Waals surface area contributed by atoms with Crippen molar-refractivity contribution in [2.45, 2.75) is 50.2 Å². The van der Waals surface area contributed by atoms with Gasteiger partial charge in [-0.25, -0.2) is 0 Å². The van der Waals surface area contributed by atoms with E-state index in [0.29, 0.717) is 6.42 Å². The van der Waals surface area contributed by atoms with E-state index < -0.39 is 18.3 Å². The standard InChI is InChI=1S/C12H24N2O3/c1-3-5-13(2)8-7-14-6-4-9(15)10(14)12(17)11(8)16/h8-12,15-17H,3-7H2,1-2H3/t8?,9?,10-,11?,12-/m1/s1. The molecule has 5 atom stereocenters. The van der Waals surface area contributed by atoms with Crippen molar-refractivity contribution in [3.63, 3.8) is 0 Å². The van der Waals surface area contributed by atoms with Crippen molar-refractivity contribution < 1.29 is 15.3 Å². The van der Waals surface area contributed by atoms with Gasteiger partial charge in [-0.2, -0.15) is 0 Å². The molecule has 5 nitrogen and oxygen atoms in total. The number of piperidine rings is 1. The Balaban J connectivity index is 2.07. The quantitative estimate of drug-likeness (QED) is 0.586. The van der Waals surface area contributed by atoms with Crippen LogP contribution in [0, 0.1) is 0 Å². The second-order valence-electron chi connectivity index (χ2n) is 5.37. The summed E-state index contributed by atoms with van der Waals surface area (Å²) >= 11 is 0. The van der Waals surface area contributed by atoms with Crippen LogP contribution in [0.5, 0.6) is 0 Å². The Morgan fingerprint density at radius 2 is 1.94 bits per heavy atom. The second kappa shape index (κ2) is 5.20. The molecule has 2 fully saturated rings. The van der Waals surface area contributed by atoms with Gasteiger partial charge < -0.3 is 15.3 Å². The van der Waals surface area contributed by atoms with Crippen molar-refractivity contribution in [3.05, 3.63) is 0 Å². The minimum atomic E-state index is -0.842. The van der Waals surface area contributed by atoms with Gasteiger partial charge in [0.2, 0.25) is 0 Å². The zero-order valence-electron chi connectivity index (χ0n) is 10.7. The first-order valence-corrected chi connectivity index (χ1v) is 6.54. The number of hydrogen-bond donors (Lipinski definition) is 3. The minimum absolute atomic E-state index is 0.0356. The lowest BCUT2D eigenvalue weighted by Crippen LogP contribution is -2.65. The normalized spacial score (nSPS) is 43.1. The van der Waals surface area contributed by atoms with Crippen molar-refractivity contribution in [3.8, 4) is 0 Å². The van der Waals surface area contributed by atoms with E-state index in [9.17, 15) is 15.3 Å². The van der Waals surface area contributed by atoms with E-state index in [-0.39, 0.29) is 12.1 Å². The van der Waals surface area contributed by atoms with E-state index in [1.165, 1.54) is 0 Å². The summed E-state index contributed by atoms with van der Waals surface area (Å²) in [5.74, 6) is 0. The maximum absolute atomic E-state index is 10.2. The Morgan fingerprint density at radius 3 is 2.59 bits per heavy atom. The maximum atomic E-state index is 10.2. The molecule has 0 aromatic rings. The van der Waals surface area contributed by atoms with Gasteiger partial charge in [0.15, 0.2) is 0 Å². The molecule has 0 amide bonds. The number of aliphatic hydroxyl groups excluding tert-OH is 3. The van der Waals surface area contributed by atoms with Crippen LogP contribution in [0.1, 0.15) is 19.8 Å². The topological polar surface area (TPSA) is 67.2 Å². The Morgan fingerprint density at radius 1 is 1.24 bits per heavy atom. The van der Waals surface area contributed by atoms with Gasteiger partial charge in [-0.1, -0.05) is 6.92 Å². The van der Waals surface area contributed by atoms with E-state index in [2.05, 4.69) is 16.7 Å². The molecule has 0 aromatic heterocycles. The van der Waals surface area contributed by atoms with Crippen molar-refractivity contribution in [1.29, 1.82) is 0 Å². The summed E-state index contributed by atoms with van der Waals surface area (Å²) in [6.45, 7) is 4.56. The summed E-state index contributed by atoms with van der Waals surface area (Å²) in [5, 5.41) is 30.1. The zero-order valence-corrected chi connectivity index (χ0v) is 10.7. The highest BCUT2D eigenvalue weighted by molar-refractivity contribution is 5.03. The summed E-state index contributed by atoms with van der Waals surface area (Å²) < 4.78 is 0. The number of hydrogen-bond acceptors (Lipinski definition) is 5. The van der Waals surface area contributed by atoms with Gasteiger partial charge in [-0.15, -0.1) is 0 Å². The molecule has 0 radical (unpaired) electrons. The molecule has 5 heteroatoms. The maximum Gasteiger partial charge on any atom is 0.0994 e. The van der Waals surface area contributed by atoms with Crippen LogP contribution in [0.25, 0.3) is 0 Å². The van der Waals surface area contributed by atoms with E-state index >= 15 is 0 Å². The lowest BCUT2D eigenvalue weighted by atomic mass is 9.90. The average molecular weight is 244 g/mol. The number of nitrogens with zero attached hydrogens (tertiary/aromatic N) is 2. The first-order valence-electron chi connectivity index (χ1n) is 6.54. The zero-order chi connectivity index (χ0) is 12.6. The SMILES string of the molecule is CCCN(C)C1CN2CCC(O)[C@@H]2[C@@H](O)C1O. The van der Waals surface area contributed by atoms with Crippen LogP contribution < -0.4 is 0 Å². The second-order valence-corrected chi connectivity index (χ2v) is 5.37. The number of fused-ring (bicyclic) bond motifs is 1. The monoisotopic (exact) mass is 244 g/mol. The van der Waals surface area contributed by atoms with Gasteiger partial charge in [0.1, 0.15) is 0 Å². The van der Waals surface area contributed by atoms with Crippen molar-refractivity contribution in [2.75, 3.05) is 26.7 Å². The van der Waals surface area contributed by atoms with E-state index in [4.69, 9.17) is 0 Å². The fourth-order valence-corrected chi connectivity index (χ4v) is 3.21. The molecule has 2 rings (SSSR count). The van der Waals surface area contributed by atoms with Crippen molar-refractivity contribution >= 4 is 0 Å². The summed E-state index contributed by atoms with van der Waals surface area (Å²) in [7, 11) is 1.98. The molecule has 0 aromatic carbocycles. The molecule has 2 aliphatic heterocycles. The molecule has 100 valence electrons. The summed E-state index contributed by atoms with van der Waals surface area (Å²) in [6, 6.07) is -0.317. The molecule has 0 saturated carbocycles. The highest BCUT2D eigenvalue weighted by atomic mass is 16.3. The fraction of sp³-hybridized carbons (Fsp3) is 1.00. The molecule has 2 saturated heterocycles. The predicted octanol–water partition coefficient (Wildman–Crippen LogP) is -1.13.